The Balaban J connectivity index is 1.96. The maximum Gasteiger partial charge on any atom is 0.416 e. The zero-order chi connectivity index (χ0) is 22.8. The maximum absolute atomic E-state index is 13.3. The predicted molar refractivity (Wildman–Crippen MR) is 111 cm³/mol. The third-order valence-corrected chi connectivity index (χ3v) is 4.98. The van der Waals surface area contributed by atoms with E-state index in [4.69, 9.17) is 14.2 Å². The number of methoxy groups -OCH3 is 2. The average molecular weight is 438 g/mol. The summed E-state index contributed by atoms with van der Waals surface area (Å²) >= 11 is 0. The number of nitrogens with one attached hydrogen (secondary N) is 1. The molecule has 0 aromatic heterocycles. The number of nitrogens with zero attached hydrogens (tertiary/aromatic N) is 1. The average Bonchev–Trinajstić information content (AvgIpc) is 2.71. The number of hydrogen-bond donors (Lipinski definition) is 1. The summed E-state index contributed by atoms with van der Waals surface area (Å²) in [5, 5.41) is 2.64. The Labute approximate surface area is 178 Å². The van der Waals surface area contributed by atoms with E-state index in [1.54, 1.807) is 6.07 Å². The summed E-state index contributed by atoms with van der Waals surface area (Å²) in [6.45, 7) is 4.78. The number of halogens is 3. The van der Waals surface area contributed by atoms with Gasteiger partial charge in [-0.1, -0.05) is 0 Å². The first-order chi connectivity index (χ1) is 14.6. The van der Waals surface area contributed by atoms with Crippen molar-refractivity contribution in [3.05, 3.63) is 47.5 Å². The van der Waals surface area contributed by atoms with Gasteiger partial charge in [-0.25, -0.2) is 0 Å². The Morgan fingerprint density at radius 3 is 2.26 bits per heavy atom. The second-order valence-electron chi connectivity index (χ2n) is 7.42. The topological polar surface area (TPSA) is 60.0 Å². The number of anilines is 2. The van der Waals surface area contributed by atoms with Crippen molar-refractivity contribution < 1.29 is 32.2 Å². The normalized spacial score (nSPS) is 19.1. The summed E-state index contributed by atoms with van der Waals surface area (Å²) in [6.07, 6.45) is -4.73. The van der Waals surface area contributed by atoms with Crippen LogP contribution in [0.3, 0.4) is 0 Å². The van der Waals surface area contributed by atoms with Crippen molar-refractivity contribution in [2.75, 3.05) is 37.5 Å². The van der Waals surface area contributed by atoms with Crippen LogP contribution in [0.2, 0.25) is 0 Å². The summed E-state index contributed by atoms with van der Waals surface area (Å²) in [7, 11) is 2.90. The van der Waals surface area contributed by atoms with Gasteiger partial charge in [0.25, 0.3) is 5.91 Å². The molecule has 168 valence electrons. The molecule has 2 aromatic rings. The van der Waals surface area contributed by atoms with Gasteiger partial charge in [-0.3, -0.25) is 4.79 Å². The smallest absolute Gasteiger partial charge is 0.416 e. The van der Waals surface area contributed by atoms with Crippen LogP contribution in [0.4, 0.5) is 24.5 Å². The standard InChI is InChI=1S/C22H25F3N2O4/c1-13-11-27(12-14(2)31-13)18-7-6-16(22(23,24)25)10-17(18)26-21(28)15-5-8-19(29-3)20(9-15)30-4/h5-10,13-14H,11-12H2,1-4H3,(H,26,28)/t13-,14-/m1/s1. The van der Waals surface area contributed by atoms with Crippen LogP contribution in [0.15, 0.2) is 36.4 Å². The van der Waals surface area contributed by atoms with E-state index in [-0.39, 0.29) is 23.5 Å². The van der Waals surface area contributed by atoms with Crippen molar-refractivity contribution in [1.82, 2.24) is 0 Å². The molecule has 0 bridgehead atoms. The minimum Gasteiger partial charge on any atom is -0.493 e. The van der Waals surface area contributed by atoms with Gasteiger partial charge in [-0.15, -0.1) is 0 Å². The quantitative estimate of drug-likeness (QED) is 0.740. The Morgan fingerprint density at radius 2 is 1.68 bits per heavy atom. The molecule has 1 aliphatic rings. The van der Waals surface area contributed by atoms with Gasteiger partial charge in [-0.05, 0) is 50.2 Å². The molecule has 1 heterocycles. The number of ether oxygens (including phenoxy) is 3. The van der Waals surface area contributed by atoms with Crippen molar-refractivity contribution >= 4 is 17.3 Å². The van der Waals surface area contributed by atoms with E-state index in [2.05, 4.69) is 5.32 Å². The van der Waals surface area contributed by atoms with Crippen LogP contribution in [0, 0.1) is 0 Å². The van der Waals surface area contributed by atoms with E-state index in [9.17, 15) is 18.0 Å². The molecule has 2 aromatic carbocycles. The number of rotatable bonds is 5. The molecule has 1 amide bonds. The highest BCUT2D eigenvalue weighted by atomic mass is 19.4. The largest absolute Gasteiger partial charge is 0.493 e. The van der Waals surface area contributed by atoms with E-state index in [0.29, 0.717) is 30.3 Å². The van der Waals surface area contributed by atoms with Crippen LogP contribution in [0.1, 0.15) is 29.8 Å². The van der Waals surface area contributed by atoms with Crippen LogP contribution < -0.4 is 19.7 Å². The summed E-state index contributed by atoms with van der Waals surface area (Å²) in [5.74, 6) is 0.223. The molecule has 2 atom stereocenters. The van der Waals surface area contributed by atoms with Gasteiger partial charge < -0.3 is 24.4 Å². The number of morpholine rings is 1. The molecule has 1 N–H and O–H groups in total. The Bertz CT molecular complexity index is 939. The number of carbonyl (C=O) groups excluding carboxylic acids is 1. The van der Waals surface area contributed by atoms with Gasteiger partial charge in [-0.2, -0.15) is 13.2 Å². The molecule has 6 nitrogen and oxygen atoms in total. The van der Waals surface area contributed by atoms with Crippen molar-refractivity contribution in [2.45, 2.75) is 32.2 Å². The lowest BCUT2D eigenvalue weighted by atomic mass is 10.1. The van der Waals surface area contributed by atoms with Crippen molar-refractivity contribution in [3.63, 3.8) is 0 Å². The molecule has 1 saturated heterocycles. The van der Waals surface area contributed by atoms with E-state index < -0.39 is 17.6 Å². The van der Waals surface area contributed by atoms with Gasteiger partial charge in [0.05, 0.1) is 43.4 Å². The van der Waals surface area contributed by atoms with Gasteiger partial charge in [0.1, 0.15) is 0 Å². The molecule has 31 heavy (non-hydrogen) atoms. The maximum atomic E-state index is 13.3. The molecule has 0 saturated carbocycles. The second-order valence-corrected chi connectivity index (χ2v) is 7.42. The van der Waals surface area contributed by atoms with Crippen LogP contribution in [-0.4, -0.2) is 45.4 Å². The molecule has 0 aliphatic carbocycles. The predicted octanol–water partition coefficient (Wildman–Crippen LogP) is 4.59. The first kappa shape index (κ1) is 22.7. The third-order valence-electron chi connectivity index (χ3n) is 4.98. The monoisotopic (exact) mass is 438 g/mol. The molecule has 1 fully saturated rings. The Morgan fingerprint density at radius 1 is 1.03 bits per heavy atom. The number of hydrogen-bond acceptors (Lipinski definition) is 5. The van der Waals surface area contributed by atoms with Crippen LogP contribution >= 0.6 is 0 Å². The fourth-order valence-electron chi connectivity index (χ4n) is 3.63. The molecule has 0 radical (unpaired) electrons. The highest BCUT2D eigenvalue weighted by molar-refractivity contribution is 6.06. The molecule has 0 unspecified atom stereocenters. The van der Waals surface area contributed by atoms with Gasteiger partial charge in [0.15, 0.2) is 11.5 Å². The Hall–Kier alpha value is -2.94. The minimum atomic E-state index is -4.53. The van der Waals surface area contributed by atoms with E-state index >= 15 is 0 Å². The Kier molecular flexibility index (Phi) is 6.64. The van der Waals surface area contributed by atoms with Gasteiger partial charge >= 0.3 is 6.18 Å². The van der Waals surface area contributed by atoms with Crippen molar-refractivity contribution in [1.29, 1.82) is 0 Å². The van der Waals surface area contributed by atoms with Crippen molar-refractivity contribution in [2.24, 2.45) is 0 Å². The number of benzene rings is 2. The first-order valence-corrected chi connectivity index (χ1v) is 9.77. The number of carbonyl (C=O) groups is 1. The van der Waals surface area contributed by atoms with Crippen LogP contribution in [-0.2, 0) is 10.9 Å². The van der Waals surface area contributed by atoms with Gasteiger partial charge in [0, 0.05) is 18.7 Å². The lowest BCUT2D eigenvalue weighted by molar-refractivity contribution is -0.137. The van der Waals surface area contributed by atoms with Crippen LogP contribution in [0.5, 0.6) is 11.5 Å². The van der Waals surface area contributed by atoms with E-state index in [1.165, 1.54) is 32.4 Å². The van der Waals surface area contributed by atoms with E-state index in [1.807, 2.05) is 18.7 Å². The number of alkyl halides is 3. The van der Waals surface area contributed by atoms with Crippen molar-refractivity contribution in [3.8, 4) is 11.5 Å². The minimum absolute atomic E-state index is 0.0795. The fourth-order valence-corrected chi connectivity index (χ4v) is 3.63. The lowest BCUT2D eigenvalue weighted by Crippen LogP contribution is -2.45. The molecule has 9 heteroatoms. The summed E-state index contributed by atoms with van der Waals surface area (Å²) in [4.78, 5) is 14.8. The second kappa shape index (κ2) is 9.05. The van der Waals surface area contributed by atoms with Gasteiger partial charge in [0.2, 0.25) is 0 Å². The third kappa shape index (κ3) is 5.22. The first-order valence-electron chi connectivity index (χ1n) is 9.77. The highest BCUT2D eigenvalue weighted by Gasteiger charge is 2.32. The molecule has 0 spiro atoms. The number of amides is 1. The van der Waals surface area contributed by atoms with Crippen LogP contribution in [0.25, 0.3) is 0 Å². The molecular weight excluding hydrogens is 413 g/mol. The zero-order valence-corrected chi connectivity index (χ0v) is 17.7. The lowest BCUT2D eigenvalue weighted by Gasteiger charge is -2.37. The molecular formula is C22H25F3N2O4. The zero-order valence-electron chi connectivity index (χ0n) is 17.7. The fraction of sp³-hybridized carbons (Fsp3) is 0.409. The molecule has 3 rings (SSSR count). The molecule has 1 aliphatic heterocycles. The summed E-state index contributed by atoms with van der Waals surface area (Å²) < 4.78 is 56.1. The SMILES string of the molecule is COc1ccc(C(=O)Nc2cc(C(F)(F)F)ccc2N2C[C@@H](C)O[C@H](C)C2)cc1OC. The van der Waals surface area contributed by atoms with E-state index in [0.717, 1.165) is 12.1 Å². The highest BCUT2D eigenvalue weighted by Crippen LogP contribution is 2.37. The summed E-state index contributed by atoms with van der Waals surface area (Å²) in [6, 6.07) is 7.91. The summed E-state index contributed by atoms with van der Waals surface area (Å²) in [5.41, 5.74) is -0.0299.